The highest BCUT2D eigenvalue weighted by atomic mass is 35.5. The Labute approximate surface area is 69.9 Å². The topological polar surface area (TPSA) is 31.4 Å². The highest BCUT2D eigenvalue weighted by Crippen LogP contribution is 2.23. The second kappa shape index (κ2) is 3.44. The third-order valence-corrected chi connectivity index (χ3v) is 1.40. The van der Waals surface area contributed by atoms with E-state index in [1.54, 1.807) is 6.07 Å². The third kappa shape index (κ3) is 1.74. The predicted octanol–water partition coefficient (Wildman–Crippen LogP) is 1.55. The molecule has 4 heteroatoms. The number of hydrogen-bond donors (Lipinski definition) is 0. The second-order valence-electron chi connectivity index (χ2n) is 1.77. The first kappa shape index (κ1) is 8.14. The van der Waals surface area contributed by atoms with Crippen LogP contribution >= 0.6 is 11.6 Å². The molecule has 0 fully saturated rings. The molecule has 1 aromatic heterocycles. The van der Waals surface area contributed by atoms with Gasteiger partial charge < -0.3 is 9.47 Å². The molecule has 0 aliphatic carbocycles. The molecule has 0 spiro atoms. The van der Waals surface area contributed by atoms with Crippen LogP contribution in [-0.4, -0.2) is 19.2 Å². The van der Waals surface area contributed by atoms with Gasteiger partial charge in [-0.3, -0.25) is 0 Å². The summed E-state index contributed by atoms with van der Waals surface area (Å²) in [6.07, 6.45) is 0. The van der Waals surface area contributed by atoms with Gasteiger partial charge in [0.2, 0.25) is 11.8 Å². The number of halogens is 1. The van der Waals surface area contributed by atoms with Gasteiger partial charge in [-0.15, -0.1) is 0 Å². The summed E-state index contributed by atoms with van der Waals surface area (Å²) < 4.78 is 9.66. The Kier molecular flexibility index (Phi) is 2.54. The van der Waals surface area contributed by atoms with E-state index >= 15 is 0 Å². The van der Waals surface area contributed by atoms with Gasteiger partial charge in [0.1, 0.15) is 5.02 Å². The Morgan fingerprint density at radius 2 is 2.18 bits per heavy atom. The quantitative estimate of drug-likeness (QED) is 0.679. The van der Waals surface area contributed by atoms with Gasteiger partial charge >= 0.3 is 0 Å². The van der Waals surface area contributed by atoms with Crippen molar-refractivity contribution in [1.29, 1.82) is 0 Å². The van der Waals surface area contributed by atoms with Crippen LogP contribution in [0.5, 0.6) is 11.8 Å². The number of aromatic nitrogens is 1. The SMILES string of the molecule is COc1c[c]c(Cl)c(OC)n1. The summed E-state index contributed by atoms with van der Waals surface area (Å²) in [5.41, 5.74) is 0. The minimum Gasteiger partial charge on any atom is -0.481 e. The van der Waals surface area contributed by atoms with Crippen molar-refractivity contribution >= 4 is 11.6 Å². The molecule has 0 aliphatic rings. The van der Waals surface area contributed by atoms with Crippen LogP contribution in [0.15, 0.2) is 6.07 Å². The maximum atomic E-state index is 5.65. The zero-order chi connectivity index (χ0) is 8.27. The van der Waals surface area contributed by atoms with E-state index in [1.807, 2.05) is 0 Å². The van der Waals surface area contributed by atoms with E-state index in [-0.39, 0.29) is 0 Å². The standard InChI is InChI=1S/C7H7ClNO2/c1-10-6-4-3-5(8)7(9-6)11-2/h4H,1-2H3. The number of pyridine rings is 1. The first-order valence-corrected chi connectivity index (χ1v) is 3.32. The normalized spacial score (nSPS) is 9.36. The number of rotatable bonds is 2. The molecule has 1 aromatic rings. The lowest BCUT2D eigenvalue weighted by molar-refractivity contribution is 0.364. The summed E-state index contributed by atoms with van der Waals surface area (Å²) >= 11 is 5.65. The Morgan fingerprint density at radius 3 is 2.73 bits per heavy atom. The lowest BCUT2D eigenvalue weighted by Gasteiger charge is -2.02. The van der Waals surface area contributed by atoms with Crippen LogP contribution in [0.1, 0.15) is 0 Å². The minimum atomic E-state index is 0.325. The fourth-order valence-electron chi connectivity index (χ4n) is 0.608. The van der Waals surface area contributed by atoms with Gasteiger partial charge in [0.05, 0.1) is 14.2 Å². The zero-order valence-corrected chi connectivity index (χ0v) is 6.97. The molecule has 0 aliphatic heterocycles. The van der Waals surface area contributed by atoms with E-state index in [1.165, 1.54) is 14.2 Å². The van der Waals surface area contributed by atoms with Crippen molar-refractivity contribution in [2.45, 2.75) is 0 Å². The molecule has 0 unspecified atom stereocenters. The second-order valence-corrected chi connectivity index (χ2v) is 2.14. The summed E-state index contributed by atoms with van der Waals surface area (Å²) in [7, 11) is 3.00. The molecular formula is C7H7ClNO2. The average molecular weight is 173 g/mol. The maximum absolute atomic E-state index is 5.65. The lowest BCUT2D eigenvalue weighted by Crippen LogP contribution is -1.92. The van der Waals surface area contributed by atoms with Crippen molar-refractivity contribution in [3.05, 3.63) is 17.2 Å². The van der Waals surface area contributed by atoms with Crippen LogP contribution < -0.4 is 9.47 Å². The number of methoxy groups -OCH3 is 2. The number of nitrogens with zero attached hydrogens (tertiary/aromatic N) is 1. The maximum Gasteiger partial charge on any atom is 0.236 e. The van der Waals surface area contributed by atoms with Crippen LogP contribution in [0.25, 0.3) is 0 Å². The Hall–Kier alpha value is -0.960. The molecule has 1 radical (unpaired) electrons. The summed E-state index contributed by atoms with van der Waals surface area (Å²) in [6.45, 7) is 0. The average Bonchev–Trinajstić information content (AvgIpc) is 2.05. The van der Waals surface area contributed by atoms with Gasteiger partial charge in [0.15, 0.2) is 0 Å². The smallest absolute Gasteiger partial charge is 0.236 e. The van der Waals surface area contributed by atoms with E-state index in [0.29, 0.717) is 16.8 Å². The highest BCUT2D eigenvalue weighted by molar-refractivity contribution is 6.31. The van der Waals surface area contributed by atoms with Crippen molar-refractivity contribution in [3.8, 4) is 11.8 Å². The molecular weight excluding hydrogens is 166 g/mol. The summed E-state index contributed by atoms with van der Waals surface area (Å²) in [5, 5.41) is 0.355. The molecule has 0 bridgehead atoms. The van der Waals surface area contributed by atoms with Crippen LogP contribution in [0.2, 0.25) is 5.02 Å². The lowest BCUT2D eigenvalue weighted by atomic mass is 10.5. The first-order chi connectivity index (χ1) is 5.27. The third-order valence-electron chi connectivity index (χ3n) is 1.12. The van der Waals surface area contributed by atoms with Gasteiger partial charge in [-0.2, -0.15) is 4.98 Å². The fourth-order valence-corrected chi connectivity index (χ4v) is 0.782. The van der Waals surface area contributed by atoms with Crippen molar-refractivity contribution in [2.24, 2.45) is 0 Å². The van der Waals surface area contributed by atoms with E-state index < -0.39 is 0 Å². The summed E-state index contributed by atoms with van der Waals surface area (Å²) in [5.74, 6) is 0.761. The molecule has 0 amide bonds. The summed E-state index contributed by atoms with van der Waals surface area (Å²) in [6, 6.07) is 4.27. The van der Waals surface area contributed by atoms with Crippen molar-refractivity contribution in [1.82, 2.24) is 4.98 Å². The van der Waals surface area contributed by atoms with Crippen molar-refractivity contribution in [2.75, 3.05) is 14.2 Å². The molecule has 0 N–H and O–H groups in total. The molecule has 0 saturated heterocycles. The molecule has 0 saturated carbocycles. The van der Waals surface area contributed by atoms with E-state index in [0.717, 1.165) is 0 Å². The molecule has 0 atom stereocenters. The van der Waals surface area contributed by atoms with Gasteiger partial charge in [-0.1, -0.05) is 11.6 Å². The van der Waals surface area contributed by atoms with Crippen LogP contribution in [0.4, 0.5) is 0 Å². The van der Waals surface area contributed by atoms with Crippen molar-refractivity contribution in [3.63, 3.8) is 0 Å². The van der Waals surface area contributed by atoms with Gasteiger partial charge in [0, 0.05) is 12.1 Å². The molecule has 1 rings (SSSR count). The van der Waals surface area contributed by atoms with Crippen LogP contribution in [0.3, 0.4) is 0 Å². The molecule has 0 aromatic carbocycles. The Bertz CT molecular complexity index is 252. The van der Waals surface area contributed by atoms with E-state index in [4.69, 9.17) is 21.1 Å². The number of ether oxygens (including phenoxy) is 2. The van der Waals surface area contributed by atoms with Crippen LogP contribution in [0, 0.1) is 6.07 Å². The number of hydrogen-bond acceptors (Lipinski definition) is 3. The largest absolute Gasteiger partial charge is 0.481 e. The van der Waals surface area contributed by atoms with Gasteiger partial charge in [-0.25, -0.2) is 0 Å². The van der Waals surface area contributed by atoms with Gasteiger partial charge in [0.25, 0.3) is 0 Å². The molecule has 1 heterocycles. The molecule has 59 valence electrons. The first-order valence-electron chi connectivity index (χ1n) is 2.94. The van der Waals surface area contributed by atoms with Crippen molar-refractivity contribution < 1.29 is 9.47 Å². The van der Waals surface area contributed by atoms with Crippen LogP contribution in [-0.2, 0) is 0 Å². The molecule has 3 nitrogen and oxygen atoms in total. The zero-order valence-electron chi connectivity index (χ0n) is 6.22. The van der Waals surface area contributed by atoms with Gasteiger partial charge in [-0.05, 0) is 0 Å². The van der Waals surface area contributed by atoms with E-state index in [9.17, 15) is 0 Å². The highest BCUT2D eigenvalue weighted by Gasteiger charge is 2.02. The predicted molar refractivity (Wildman–Crippen MR) is 41.2 cm³/mol. The summed E-state index contributed by atoms with van der Waals surface area (Å²) in [4.78, 5) is 3.90. The Balaban J connectivity index is 3.02. The minimum absolute atomic E-state index is 0.325. The monoisotopic (exact) mass is 172 g/mol. The molecule has 11 heavy (non-hydrogen) atoms. The Morgan fingerprint density at radius 1 is 1.45 bits per heavy atom. The fraction of sp³-hybridized carbons (Fsp3) is 0.286. The van der Waals surface area contributed by atoms with E-state index in [2.05, 4.69) is 11.1 Å².